The first-order valence-electron chi connectivity index (χ1n) is 6.95. The summed E-state index contributed by atoms with van der Waals surface area (Å²) >= 11 is 0. The summed E-state index contributed by atoms with van der Waals surface area (Å²) < 4.78 is 38.3. The van der Waals surface area contributed by atoms with Gasteiger partial charge in [0.05, 0.1) is 5.56 Å². The minimum atomic E-state index is -4.37. The Morgan fingerprint density at radius 3 is 2.60 bits per heavy atom. The number of β-amino-alcohol motifs (C(OH)–C–C–N with tert-alkyl or cyclic N) is 1. The maximum atomic E-state index is 12.8. The van der Waals surface area contributed by atoms with Crippen LogP contribution in [0.5, 0.6) is 0 Å². The fourth-order valence-electron chi connectivity index (χ4n) is 3.22. The van der Waals surface area contributed by atoms with Crippen LogP contribution in [0.15, 0.2) is 24.3 Å². The van der Waals surface area contributed by atoms with E-state index >= 15 is 0 Å². The second-order valence-corrected chi connectivity index (χ2v) is 6.07. The average Bonchev–Trinajstić information content (AvgIpc) is 3.15. The van der Waals surface area contributed by atoms with Crippen molar-refractivity contribution in [3.05, 3.63) is 35.4 Å². The molecule has 110 valence electrons. The van der Waals surface area contributed by atoms with Crippen molar-refractivity contribution in [3.63, 3.8) is 0 Å². The molecule has 0 radical (unpaired) electrons. The molecule has 3 rings (SSSR count). The van der Waals surface area contributed by atoms with E-state index in [-0.39, 0.29) is 6.04 Å². The maximum absolute atomic E-state index is 12.8. The quantitative estimate of drug-likeness (QED) is 0.902. The first kappa shape index (κ1) is 13.9. The summed E-state index contributed by atoms with van der Waals surface area (Å²) in [6.45, 7) is 2.46. The smallest absolute Gasteiger partial charge is 0.384 e. The molecule has 5 heteroatoms. The number of likely N-dealkylation sites (tertiary alicyclic amines) is 1. The van der Waals surface area contributed by atoms with Crippen LogP contribution in [-0.4, -0.2) is 28.6 Å². The Morgan fingerprint density at radius 2 is 2.00 bits per heavy atom. The van der Waals surface area contributed by atoms with Crippen LogP contribution >= 0.6 is 0 Å². The van der Waals surface area contributed by atoms with E-state index in [4.69, 9.17) is 0 Å². The maximum Gasteiger partial charge on any atom is 0.416 e. The van der Waals surface area contributed by atoms with E-state index in [1.807, 2.05) is 6.92 Å². The number of hydrogen-bond donors (Lipinski definition) is 1. The Bertz CT molecular complexity index is 512. The molecule has 1 saturated carbocycles. The largest absolute Gasteiger partial charge is 0.416 e. The van der Waals surface area contributed by atoms with Gasteiger partial charge in [0.1, 0.15) is 5.60 Å². The molecule has 1 heterocycles. The van der Waals surface area contributed by atoms with Gasteiger partial charge in [-0.2, -0.15) is 13.2 Å². The molecule has 1 aliphatic heterocycles. The first-order chi connectivity index (χ1) is 9.29. The van der Waals surface area contributed by atoms with Gasteiger partial charge >= 0.3 is 6.18 Å². The van der Waals surface area contributed by atoms with Gasteiger partial charge in [0, 0.05) is 18.6 Å². The first-order valence-corrected chi connectivity index (χ1v) is 6.95. The highest BCUT2D eigenvalue weighted by molar-refractivity contribution is 5.31. The molecule has 0 bridgehead atoms. The lowest BCUT2D eigenvalue weighted by Gasteiger charge is -2.25. The van der Waals surface area contributed by atoms with Crippen LogP contribution in [0.3, 0.4) is 0 Å². The van der Waals surface area contributed by atoms with Crippen LogP contribution in [0.25, 0.3) is 0 Å². The summed E-state index contributed by atoms with van der Waals surface area (Å²) in [7, 11) is 0. The Kier molecular flexibility index (Phi) is 3.10. The van der Waals surface area contributed by atoms with Gasteiger partial charge in [-0.3, -0.25) is 4.90 Å². The molecule has 2 fully saturated rings. The normalized spacial score (nSPS) is 31.8. The highest BCUT2D eigenvalue weighted by Gasteiger charge is 2.47. The van der Waals surface area contributed by atoms with Gasteiger partial charge in [-0.15, -0.1) is 0 Å². The van der Waals surface area contributed by atoms with Gasteiger partial charge in [0.2, 0.25) is 0 Å². The van der Waals surface area contributed by atoms with Gasteiger partial charge < -0.3 is 5.11 Å². The standard InChI is InChI=1S/C15H18F3NO/c1-10-8-14(20,9-19(10)13-5-6-13)11-3-2-4-12(7-11)15(16,17)18/h2-4,7,10,13,20H,5-6,8-9H2,1H3. The van der Waals surface area contributed by atoms with Crippen LogP contribution in [0.1, 0.15) is 37.3 Å². The third-order valence-electron chi connectivity index (χ3n) is 4.39. The molecule has 1 saturated heterocycles. The van der Waals surface area contributed by atoms with Crippen LogP contribution in [-0.2, 0) is 11.8 Å². The van der Waals surface area contributed by atoms with E-state index in [0.29, 0.717) is 24.6 Å². The van der Waals surface area contributed by atoms with Crippen molar-refractivity contribution in [2.24, 2.45) is 0 Å². The van der Waals surface area contributed by atoms with Crippen molar-refractivity contribution in [1.29, 1.82) is 0 Å². The van der Waals surface area contributed by atoms with Crippen LogP contribution in [0, 0.1) is 0 Å². The Hall–Kier alpha value is -1.07. The Labute approximate surface area is 116 Å². The molecule has 0 amide bonds. The second-order valence-electron chi connectivity index (χ2n) is 6.07. The lowest BCUT2D eigenvalue weighted by molar-refractivity contribution is -0.137. The van der Waals surface area contributed by atoms with Gasteiger partial charge in [-0.1, -0.05) is 12.1 Å². The van der Waals surface area contributed by atoms with Gasteiger partial charge in [-0.25, -0.2) is 0 Å². The summed E-state index contributed by atoms with van der Waals surface area (Å²) in [5.41, 5.74) is -1.48. The van der Waals surface area contributed by atoms with E-state index in [9.17, 15) is 18.3 Å². The van der Waals surface area contributed by atoms with Gasteiger partial charge in [0.25, 0.3) is 0 Å². The van der Waals surface area contributed by atoms with Crippen molar-refractivity contribution in [2.75, 3.05) is 6.54 Å². The SMILES string of the molecule is CC1CC(O)(c2cccc(C(F)(F)F)c2)CN1C1CC1. The van der Waals surface area contributed by atoms with Crippen LogP contribution in [0.4, 0.5) is 13.2 Å². The number of hydrogen-bond acceptors (Lipinski definition) is 2. The summed E-state index contributed by atoms with van der Waals surface area (Å²) in [6.07, 6.45) is -1.62. The van der Waals surface area contributed by atoms with E-state index in [0.717, 1.165) is 25.0 Å². The lowest BCUT2D eigenvalue weighted by atomic mass is 9.90. The third-order valence-corrected chi connectivity index (χ3v) is 4.39. The number of nitrogens with zero attached hydrogens (tertiary/aromatic N) is 1. The second kappa shape index (κ2) is 4.46. The number of halogens is 3. The number of alkyl halides is 3. The molecule has 1 N–H and O–H groups in total. The van der Waals surface area contributed by atoms with E-state index in [1.54, 1.807) is 6.07 Å². The number of aliphatic hydroxyl groups is 1. The summed E-state index contributed by atoms with van der Waals surface area (Å²) in [5, 5.41) is 10.8. The fraction of sp³-hybridized carbons (Fsp3) is 0.600. The molecule has 0 spiro atoms. The van der Waals surface area contributed by atoms with Crippen molar-refractivity contribution in [2.45, 2.75) is 50.0 Å². The number of benzene rings is 1. The fourth-order valence-corrected chi connectivity index (χ4v) is 3.22. The molecule has 1 aromatic rings. The van der Waals surface area contributed by atoms with Gasteiger partial charge in [0.15, 0.2) is 0 Å². The lowest BCUT2D eigenvalue weighted by Crippen LogP contribution is -2.33. The molecule has 2 atom stereocenters. The molecule has 1 aliphatic carbocycles. The van der Waals surface area contributed by atoms with E-state index < -0.39 is 17.3 Å². The molecule has 2 aliphatic rings. The number of rotatable bonds is 2. The highest BCUT2D eigenvalue weighted by Crippen LogP contribution is 2.42. The predicted molar refractivity (Wildman–Crippen MR) is 69.1 cm³/mol. The molecule has 1 aromatic carbocycles. The molecular weight excluding hydrogens is 267 g/mol. The monoisotopic (exact) mass is 285 g/mol. The van der Waals surface area contributed by atoms with Crippen molar-refractivity contribution in [1.82, 2.24) is 4.90 Å². The van der Waals surface area contributed by atoms with Crippen molar-refractivity contribution < 1.29 is 18.3 Å². The minimum Gasteiger partial charge on any atom is -0.384 e. The Morgan fingerprint density at radius 1 is 1.30 bits per heavy atom. The predicted octanol–water partition coefficient (Wildman–Crippen LogP) is 3.15. The third kappa shape index (κ3) is 2.44. The molecular formula is C15H18F3NO. The Balaban J connectivity index is 1.88. The summed E-state index contributed by atoms with van der Waals surface area (Å²) in [4.78, 5) is 2.22. The zero-order valence-electron chi connectivity index (χ0n) is 11.3. The van der Waals surface area contributed by atoms with Crippen molar-refractivity contribution >= 4 is 0 Å². The van der Waals surface area contributed by atoms with Crippen LogP contribution in [0.2, 0.25) is 0 Å². The summed E-state index contributed by atoms with van der Waals surface area (Å²) in [5.74, 6) is 0. The zero-order chi connectivity index (χ0) is 14.5. The van der Waals surface area contributed by atoms with Crippen molar-refractivity contribution in [3.8, 4) is 0 Å². The summed E-state index contributed by atoms with van der Waals surface area (Å²) in [6, 6.07) is 5.82. The minimum absolute atomic E-state index is 0.210. The highest BCUT2D eigenvalue weighted by atomic mass is 19.4. The molecule has 0 aromatic heterocycles. The topological polar surface area (TPSA) is 23.5 Å². The van der Waals surface area contributed by atoms with Gasteiger partial charge in [-0.05, 0) is 43.9 Å². The van der Waals surface area contributed by atoms with Crippen LogP contribution < -0.4 is 0 Å². The zero-order valence-corrected chi connectivity index (χ0v) is 11.3. The van der Waals surface area contributed by atoms with E-state index in [2.05, 4.69) is 4.90 Å². The average molecular weight is 285 g/mol. The van der Waals surface area contributed by atoms with E-state index in [1.165, 1.54) is 6.07 Å². The molecule has 2 unspecified atom stereocenters. The molecule has 20 heavy (non-hydrogen) atoms. The molecule has 2 nitrogen and oxygen atoms in total.